The van der Waals surface area contributed by atoms with Gasteiger partial charge in [0.05, 0.1) is 38.6 Å². The number of unbranched alkanes of at least 4 members (excludes halogenated alkanes) is 2. The van der Waals surface area contributed by atoms with Crippen LogP contribution in [0.25, 0.3) is 0 Å². The van der Waals surface area contributed by atoms with Crippen LogP contribution in [0.15, 0.2) is 91.0 Å². The molecular formula is C35H49NO4Si. The van der Waals surface area contributed by atoms with E-state index in [1.165, 1.54) is 18.9 Å². The van der Waals surface area contributed by atoms with Gasteiger partial charge in [-0.05, 0) is 29.7 Å². The van der Waals surface area contributed by atoms with Gasteiger partial charge < -0.3 is 19.3 Å². The molecule has 3 aromatic carbocycles. The molecule has 0 radical (unpaired) electrons. The summed E-state index contributed by atoms with van der Waals surface area (Å²) in [5.41, 5.74) is 3.34. The molecule has 6 heteroatoms. The largest absolute Gasteiger partial charge is 0.389 e. The predicted octanol–water partition coefficient (Wildman–Crippen LogP) is 6.93. The Hall–Kier alpha value is -2.32. The molecular weight excluding hydrogens is 526 g/mol. The second-order valence-electron chi connectivity index (χ2n) is 12.5. The number of piperidine rings is 1. The van der Waals surface area contributed by atoms with Gasteiger partial charge in [-0.25, -0.2) is 0 Å². The first-order chi connectivity index (χ1) is 19.9. The monoisotopic (exact) mass is 575 g/mol. The lowest BCUT2D eigenvalue weighted by molar-refractivity contribution is -0.193. The van der Waals surface area contributed by atoms with Gasteiger partial charge in [-0.1, -0.05) is 130 Å². The van der Waals surface area contributed by atoms with Gasteiger partial charge in [0.1, 0.15) is 12.2 Å². The highest BCUT2D eigenvalue weighted by atomic mass is 28.3. The first kappa shape index (κ1) is 31.6. The average molecular weight is 576 g/mol. The number of likely N-dealkylation sites (tertiary alicyclic amines) is 1. The van der Waals surface area contributed by atoms with Crippen molar-refractivity contribution in [2.24, 2.45) is 0 Å². The van der Waals surface area contributed by atoms with E-state index in [0.717, 1.165) is 29.7 Å². The fraction of sp³-hybridized carbons (Fsp3) is 0.486. The van der Waals surface area contributed by atoms with Gasteiger partial charge in [-0.15, -0.1) is 0 Å². The van der Waals surface area contributed by atoms with Crippen molar-refractivity contribution in [2.75, 3.05) is 19.7 Å². The molecule has 0 saturated carbocycles. The van der Waals surface area contributed by atoms with Crippen molar-refractivity contribution < 1.29 is 19.3 Å². The number of aliphatic hydroxyl groups is 1. The minimum Gasteiger partial charge on any atom is -0.389 e. The van der Waals surface area contributed by atoms with Crippen molar-refractivity contribution in [1.29, 1.82) is 0 Å². The van der Waals surface area contributed by atoms with Gasteiger partial charge in [0.25, 0.3) is 0 Å². The molecule has 4 atom stereocenters. The molecule has 0 spiro atoms. The highest BCUT2D eigenvalue weighted by Crippen LogP contribution is 2.27. The SMILES string of the molecule is C[Si](C)(C)CCCCCN1C[C@H](OCc2ccccc2)[C@@H](OCc2ccccc2)[C@H](O)[C@H]1COCc1ccccc1. The highest BCUT2D eigenvalue weighted by molar-refractivity contribution is 6.76. The Bertz CT molecular complexity index is 1110. The molecule has 222 valence electrons. The maximum Gasteiger partial charge on any atom is 0.113 e. The molecule has 0 amide bonds. The van der Waals surface area contributed by atoms with Crippen molar-refractivity contribution in [3.63, 3.8) is 0 Å². The van der Waals surface area contributed by atoms with Gasteiger partial charge in [0, 0.05) is 14.6 Å². The molecule has 0 aromatic heterocycles. The summed E-state index contributed by atoms with van der Waals surface area (Å²) in [7, 11) is -1.03. The second-order valence-corrected chi connectivity index (χ2v) is 18.1. The van der Waals surface area contributed by atoms with E-state index in [1.807, 2.05) is 54.6 Å². The fourth-order valence-corrected chi connectivity index (χ4v) is 6.81. The van der Waals surface area contributed by atoms with Crippen LogP contribution in [0, 0.1) is 0 Å². The number of rotatable bonds is 16. The molecule has 1 fully saturated rings. The molecule has 0 unspecified atom stereocenters. The van der Waals surface area contributed by atoms with Crippen LogP contribution in [0.1, 0.15) is 36.0 Å². The number of benzene rings is 3. The van der Waals surface area contributed by atoms with Crippen LogP contribution in [0.4, 0.5) is 0 Å². The number of nitrogens with zero attached hydrogens (tertiary/aromatic N) is 1. The molecule has 41 heavy (non-hydrogen) atoms. The molecule has 0 bridgehead atoms. The fourth-order valence-electron chi connectivity index (χ4n) is 5.50. The predicted molar refractivity (Wildman–Crippen MR) is 170 cm³/mol. The summed E-state index contributed by atoms with van der Waals surface area (Å²) in [5, 5.41) is 11.8. The Morgan fingerprint density at radius 3 is 1.80 bits per heavy atom. The van der Waals surface area contributed by atoms with E-state index >= 15 is 0 Å². The smallest absolute Gasteiger partial charge is 0.113 e. The Labute approximate surface area is 248 Å². The van der Waals surface area contributed by atoms with Crippen LogP contribution >= 0.6 is 0 Å². The van der Waals surface area contributed by atoms with Gasteiger partial charge in [0.2, 0.25) is 0 Å². The van der Waals surface area contributed by atoms with E-state index in [9.17, 15) is 5.11 Å². The van der Waals surface area contributed by atoms with Crippen molar-refractivity contribution in [1.82, 2.24) is 4.90 Å². The van der Waals surface area contributed by atoms with E-state index in [-0.39, 0.29) is 12.1 Å². The summed E-state index contributed by atoms with van der Waals surface area (Å²) in [4.78, 5) is 2.39. The Morgan fingerprint density at radius 2 is 1.24 bits per heavy atom. The van der Waals surface area contributed by atoms with Gasteiger partial charge in [-0.3, -0.25) is 4.90 Å². The summed E-state index contributed by atoms with van der Waals surface area (Å²) < 4.78 is 19.2. The van der Waals surface area contributed by atoms with Crippen molar-refractivity contribution in [2.45, 2.75) is 89.1 Å². The average Bonchev–Trinajstić information content (AvgIpc) is 2.98. The quantitative estimate of drug-likeness (QED) is 0.148. The molecule has 1 saturated heterocycles. The zero-order valence-electron chi connectivity index (χ0n) is 25.2. The van der Waals surface area contributed by atoms with Crippen molar-refractivity contribution in [3.05, 3.63) is 108 Å². The number of ether oxygens (including phenoxy) is 3. The lowest BCUT2D eigenvalue weighted by Gasteiger charge is -2.46. The number of hydrogen-bond acceptors (Lipinski definition) is 5. The molecule has 5 nitrogen and oxygen atoms in total. The molecule has 1 heterocycles. The zero-order chi connectivity index (χ0) is 28.9. The van der Waals surface area contributed by atoms with E-state index < -0.39 is 20.3 Å². The van der Waals surface area contributed by atoms with E-state index in [1.54, 1.807) is 0 Å². The maximum atomic E-state index is 11.8. The minimum atomic E-state index is -1.03. The van der Waals surface area contributed by atoms with Crippen LogP contribution in [0.3, 0.4) is 0 Å². The normalized spacial score (nSPS) is 21.7. The van der Waals surface area contributed by atoms with Crippen LogP contribution in [0.5, 0.6) is 0 Å². The Balaban J connectivity index is 1.46. The van der Waals surface area contributed by atoms with Gasteiger partial charge in [0.15, 0.2) is 0 Å². The third kappa shape index (κ3) is 10.8. The molecule has 1 N–H and O–H groups in total. The standard InChI is InChI=1S/C35H49NO4Si/c1-41(2,3)23-15-7-14-22-36-24-33(39-26-30-18-10-5-11-19-30)35(40-27-31-20-12-6-13-21-31)34(37)32(36)28-38-25-29-16-8-4-9-17-29/h4-6,8-13,16-21,32-35,37H,7,14-15,22-28H2,1-3H3/t32-,33+,34-,35-/m1/s1. The lowest BCUT2D eigenvalue weighted by atomic mass is 9.93. The van der Waals surface area contributed by atoms with Crippen LogP contribution in [-0.4, -0.2) is 62.1 Å². The van der Waals surface area contributed by atoms with Crippen LogP contribution < -0.4 is 0 Å². The van der Waals surface area contributed by atoms with Crippen molar-refractivity contribution >= 4 is 8.07 Å². The highest BCUT2D eigenvalue weighted by Gasteiger charge is 2.44. The summed E-state index contributed by atoms with van der Waals surface area (Å²) in [6.45, 7) is 10.8. The van der Waals surface area contributed by atoms with Crippen LogP contribution in [0.2, 0.25) is 25.7 Å². The Kier molecular flexibility index (Phi) is 12.6. The topological polar surface area (TPSA) is 51.2 Å². The van der Waals surface area contributed by atoms with E-state index in [4.69, 9.17) is 14.2 Å². The van der Waals surface area contributed by atoms with Gasteiger partial charge >= 0.3 is 0 Å². The molecule has 0 aliphatic carbocycles. The maximum absolute atomic E-state index is 11.8. The zero-order valence-corrected chi connectivity index (χ0v) is 26.2. The summed E-state index contributed by atoms with van der Waals surface area (Å²) in [6, 6.07) is 31.8. The molecule has 1 aliphatic heterocycles. The third-order valence-corrected chi connectivity index (χ3v) is 9.70. The third-order valence-electron chi connectivity index (χ3n) is 7.85. The van der Waals surface area contributed by atoms with Crippen LogP contribution in [-0.2, 0) is 34.0 Å². The minimum absolute atomic E-state index is 0.159. The first-order valence-electron chi connectivity index (χ1n) is 15.2. The lowest BCUT2D eigenvalue weighted by Crippen LogP contribution is -2.64. The van der Waals surface area contributed by atoms with Crippen molar-refractivity contribution in [3.8, 4) is 0 Å². The molecule has 4 rings (SSSR count). The molecule has 1 aliphatic rings. The second kappa shape index (κ2) is 16.3. The number of aliphatic hydroxyl groups excluding tert-OH is 1. The molecule has 3 aromatic rings. The summed E-state index contributed by atoms with van der Waals surface area (Å²) in [5.74, 6) is 0. The number of hydrogen-bond donors (Lipinski definition) is 1. The van der Waals surface area contributed by atoms with E-state index in [0.29, 0.717) is 33.0 Å². The van der Waals surface area contributed by atoms with Gasteiger partial charge in [-0.2, -0.15) is 0 Å². The summed E-state index contributed by atoms with van der Waals surface area (Å²) in [6.07, 6.45) is 2.16. The van der Waals surface area contributed by atoms with E-state index in [2.05, 4.69) is 60.9 Å². The summed E-state index contributed by atoms with van der Waals surface area (Å²) >= 11 is 0. The first-order valence-corrected chi connectivity index (χ1v) is 18.9. The Morgan fingerprint density at radius 1 is 0.707 bits per heavy atom.